The van der Waals surface area contributed by atoms with E-state index in [4.69, 9.17) is 5.11 Å². The first kappa shape index (κ1) is 11.7. The van der Waals surface area contributed by atoms with Crippen molar-refractivity contribution in [3.8, 4) is 0 Å². The van der Waals surface area contributed by atoms with Crippen LogP contribution in [0.1, 0.15) is 19.3 Å². The highest BCUT2D eigenvalue weighted by atomic mass is 16.3. The number of urea groups is 1. The van der Waals surface area contributed by atoms with Gasteiger partial charge in [-0.1, -0.05) is 6.08 Å². The molecule has 2 N–H and O–H groups in total. The maximum atomic E-state index is 11.6. The van der Waals surface area contributed by atoms with Gasteiger partial charge in [-0.05, 0) is 19.3 Å². The third kappa shape index (κ3) is 2.79. The molecule has 0 aliphatic carbocycles. The van der Waals surface area contributed by atoms with Crippen LogP contribution in [0.3, 0.4) is 0 Å². The molecule has 0 aromatic heterocycles. The molecule has 0 saturated carbocycles. The summed E-state index contributed by atoms with van der Waals surface area (Å²) in [7, 11) is 0. The van der Waals surface area contributed by atoms with E-state index in [0.717, 1.165) is 11.3 Å². The molecule has 3 amide bonds. The lowest BCUT2D eigenvalue weighted by atomic mass is 10.1. The zero-order valence-electron chi connectivity index (χ0n) is 8.61. The van der Waals surface area contributed by atoms with Crippen LogP contribution in [0.4, 0.5) is 4.79 Å². The summed E-state index contributed by atoms with van der Waals surface area (Å²) in [5, 5.41) is 11.2. The Bertz CT molecular complexity index is 265. The van der Waals surface area contributed by atoms with E-state index >= 15 is 0 Å². The quantitative estimate of drug-likeness (QED) is 0.377. The number of aliphatic hydroxyl groups is 1. The Labute approximate surface area is 88.8 Å². The highest BCUT2D eigenvalue weighted by Gasteiger charge is 2.36. The molecule has 1 heterocycles. The first-order chi connectivity index (χ1) is 7.20. The summed E-state index contributed by atoms with van der Waals surface area (Å²) in [6.07, 6.45) is 3.49. The number of imide groups is 1. The van der Waals surface area contributed by atoms with Gasteiger partial charge in [0, 0.05) is 13.2 Å². The molecule has 1 unspecified atom stereocenters. The van der Waals surface area contributed by atoms with Gasteiger partial charge in [0.2, 0.25) is 0 Å². The van der Waals surface area contributed by atoms with Gasteiger partial charge in [-0.15, -0.1) is 6.58 Å². The van der Waals surface area contributed by atoms with Gasteiger partial charge in [0.15, 0.2) is 0 Å². The van der Waals surface area contributed by atoms with E-state index in [-0.39, 0.29) is 25.1 Å². The van der Waals surface area contributed by atoms with E-state index in [0.29, 0.717) is 12.8 Å². The van der Waals surface area contributed by atoms with Gasteiger partial charge in [0.1, 0.15) is 6.04 Å². The minimum atomic E-state index is -0.427. The highest BCUT2D eigenvalue weighted by Crippen LogP contribution is 2.11. The van der Waals surface area contributed by atoms with Crippen molar-refractivity contribution in [2.24, 2.45) is 0 Å². The number of nitrogens with zero attached hydrogens (tertiary/aromatic N) is 1. The summed E-state index contributed by atoms with van der Waals surface area (Å²) >= 11 is 0. The number of hydrogen-bond donors (Lipinski definition) is 2. The van der Waals surface area contributed by atoms with E-state index in [1.54, 1.807) is 0 Å². The standard InChI is InChI=1S/C10H16N2O3/c1-2-6-12-9(14)8(11-10(12)15)5-3-4-7-13/h2,8,13H,1,3-7H2,(H,11,15). The van der Waals surface area contributed by atoms with Gasteiger partial charge in [-0.25, -0.2) is 4.79 Å². The largest absolute Gasteiger partial charge is 0.396 e. The predicted octanol–water partition coefficient (Wildman–Crippen LogP) is 0.255. The van der Waals surface area contributed by atoms with E-state index in [1.807, 2.05) is 0 Å². The van der Waals surface area contributed by atoms with Crippen LogP contribution < -0.4 is 5.32 Å². The Balaban J connectivity index is 2.45. The molecule has 1 atom stereocenters. The second-order valence-corrected chi connectivity index (χ2v) is 3.46. The fourth-order valence-electron chi connectivity index (χ4n) is 1.53. The average molecular weight is 212 g/mol. The Morgan fingerprint density at radius 2 is 2.20 bits per heavy atom. The Hall–Kier alpha value is -1.36. The number of carbonyl (C=O) groups is 2. The third-order valence-electron chi connectivity index (χ3n) is 2.32. The Morgan fingerprint density at radius 1 is 1.47 bits per heavy atom. The minimum Gasteiger partial charge on any atom is -0.396 e. The summed E-state index contributed by atoms with van der Waals surface area (Å²) in [6, 6.07) is -0.780. The number of carbonyl (C=O) groups excluding carboxylic acids is 2. The molecular weight excluding hydrogens is 196 g/mol. The fraction of sp³-hybridized carbons (Fsp3) is 0.600. The zero-order valence-corrected chi connectivity index (χ0v) is 8.61. The average Bonchev–Trinajstić information content (AvgIpc) is 2.47. The first-order valence-electron chi connectivity index (χ1n) is 5.04. The van der Waals surface area contributed by atoms with Crippen LogP contribution >= 0.6 is 0 Å². The lowest BCUT2D eigenvalue weighted by Crippen LogP contribution is -2.31. The predicted molar refractivity (Wildman–Crippen MR) is 55.2 cm³/mol. The second-order valence-electron chi connectivity index (χ2n) is 3.46. The van der Waals surface area contributed by atoms with Crippen molar-refractivity contribution in [2.45, 2.75) is 25.3 Å². The van der Waals surface area contributed by atoms with E-state index in [1.165, 1.54) is 6.08 Å². The smallest absolute Gasteiger partial charge is 0.325 e. The number of nitrogens with one attached hydrogen (secondary N) is 1. The van der Waals surface area contributed by atoms with Crippen molar-refractivity contribution in [1.29, 1.82) is 0 Å². The molecule has 5 heteroatoms. The second kappa shape index (κ2) is 5.50. The normalized spacial score (nSPS) is 20.6. The van der Waals surface area contributed by atoms with Crippen LogP contribution in [0.25, 0.3) is 0 Å². The summed E-state index contributed by atoms with van der Waals surface area (Å²) < 4.78 is 0. The fourth-order valence-corrected chi connectivity index (χ4v) is 1.53. The zero-order chi connectivity index (χ0) is 11.3. The van der Waals surface area contributed by atoms with Crippen molar-refractivity contribution < 1.29 is 14.7 Å². The van der Waals surface area contributed by atoms with Crippen LogP contribution in [0.5, 0.6) is 0 Å². The summed E-state index contributed by atoms with van der Waals surface area (Å²) in [6.45, 7) is 3.85. The highest BCUT2D eigenvalue weighted by molar-refractivity contribution is 6.04. The van der Waals surface area contributed by atoms with Crippen molar-refractivity contribution in [1.82, 2.24) is 10.2 Å². The Morgan fingerprint density at radius 3 is 2.80 bits per heavy atom. The molecule has 1 aliphatic heterocycles. The summed E-state index contributed by atoms with van der Waals surface area (Å²) in [4.78, 5) is 24.1. The maximum absolute atomic E-state index is 11.6. The van der Waals surface area contributed by atoms with Crippen LogP contribution in [0.15, 0.2) is 12.7 Å². The van der Waals surface area contributed by atoms with Gasteiger partial charge in [-0.2, -0.15) is 0 Å². The number of unbranched alkanes of at least 4 members (excludes halogenated alkanes) is 1. The van der Waals surface area contributed by atoms with Crippen molar-refractivity contribution >= 4 is 11.9 Å². The van der Waals surface area contributed by atoms with Gasteiger partial charge < -0.3 is 10.4 Å². The van der Waals surface area contributed by atoms with Crippen molar-refractivity contribution in [3.63, 3.8) is 0 Å². The number of hydrogen-bond acceptors (Lipinski definition) is 3. The summed E-state index contributed by atoms with van der Waals surface area (Å²) in [5.41, 5.74) is 0. The molecule has 0 aromatic carbocycles. The number of rotatable bonds is 6. The van der Waals surface area contributed by atoms with Crippen LogP contribution in [0, 0.1) is 0 Å². The third-order valence-corrected chi connectivity index (χ3v) is 2.32. The maximum Gasteiger partial charge on any atom is 0.325 e. The van der Waals surface area contributed by atoms with E-state index in [2.05, 4.69) is 11.9 Å². The van der Waals surface area contributed by atoms with E-state index in [9.17, 15) is 9.59 Å². The van der Waals surface area contributed by atoms with Crippen LogP contribution in [-0.4, -0.2) is 41.1 Å². The van der Waals surface area contributed by atoms with Crippen molar-refractivity contribution in [3.05, 3.63) is 12.7 Å². The number of aliphatic hydroxyl groups excluding tert-OH is 1. The molecule has 15 heavy (non-hydrogen) atoms. The topological polar surface area (TPSA) is 69.6 Å². The molecule has 0 spiro atoms. The molecule has 0 radical (unpaired) electrons. The van der Waals surface area contributed by atoms with Crippen LogP contribution in [0.2, 0.25) is 0 Å². The molecule has 5 nitrogen and oxygen atoms in total. The molecule has 0 aromatic rings. The Kier molecular flexibility index (Phi) is 4.30. The lowest BCUT2D eigenvalue weighted by molar-refractivity contribution is -0.127. The molecular formula is C10H16N2O3. The molecule has 1 saturated heterocycles. The SMILES string of the molecule is C=CCN1C(=O)NC(CCCCO)C1=O. The lowest BCUT2D eigenvalue weighted by Gasteiger charge is -2.09. The first-order valence-corrected chi connectivity index (χ1v) is 5.04. The molecule has 84 valence electrons. The molecule has 0 bridgehead atoms. The molecule has 1 aliphatic rings. The van der Waals surface area contributed by atoms with Gasteiger partial charge in [0.05, 0.1) is 0 Å². The summed E-state index contributed by atoms with van der Waals surface area (Å²) in [5.74, 6) is -0.196. The monoisotopic (exact) mass is 212 g/mol. The van der Waals surface area contributed by atoms with Gasteiger partial charge in [0.25, 0.3) is 5.91 Å². The van der Waals surface area contributed by atoms with Gasteiger partial charge >= 0.3 is 6.03 Å². The molecule has 1 rings (SSSR count). The minimum absolute atomic E-state index is 0.116. The van der Waals surface area contributed by atoms with Crippen LogP contribution in [-0.2, 0) is 4.79 Å². The van der Waals surface area contributed by atoms with E-state index < -0.39 is 6.04 Å². The molecule has 1 fully saturated rings. The van der Waals surface area contributed by atoms with Gasteiger partial charge in [-0.3, -0.25) is 9.69 Å². The number of amides is 3. The van der Waals surface area contributed by atoms with Crippen molar-refractivity contribution in [2.75, 3.05) is 13.2 Å².